The Morgan fingerprint density at radius 3 is 2.60 bits per heavy atom. The number of hydrogen-bond acceptors (Lipinski definition) is 6. The van der Waals surface area contributed by atoms with Crippen molar-refractivity contribution in [2.45, 2.75) is 33.0 Å². The largest absolute Gasteiger partial charge is 0.472 e. The molecular formula is C25H21BrF2N4O3. The van der Waals surface area contributed by atoms with Gasteiger partial charge in [-0.15, -0.1) is 0 Å². The van der Waals surface area contributed by atoms with Gasteiger partial charge >= 0.3 is 0 Å². The predicted octanol–water partition coefficient (Wildman–Crippen LogP) is 4.85. The summed E-state index contributed by atoms with van der Waals surface area (Å²) in [6.45, 7) is 4.61. The number of aryl methyl sites for hydroxylation is 1. The number of aromatic nitrogens is 4. The van der Waals surface area contributed by atoms with Crippen molar-refractivity contribution in [2.75, 3.05) is 0 Å². The minimum atomic E-state index is -1.21. The molecule has 0 aliphatic heterocycles. The maximum absolute atomic E-state index is 13.9. The van der Waals surface area contributed by atoms with Gasteiger partial charge in [0, 0.05) is 23.4 Å². The quantitative estimate of drug-likeness (QED) is 0.374. The van der Waals surface area contributed by atoms with Gasteiger partial charge in [-0.05, 0) is 67.0 Å². The molecule has 7 nitrogen and oxygen atoms in total. The van der Waals surface area contributed by atoms with Crippen molar-refractivity contribution in [3.8, 4) is 22.8 Å². The number of halogens is 3. The maximum atomic E-state index is 13.9. The van der Waals surface area contributed by atoms with Gasteiger partial charge in [0.05, 0.1) is 11.4 Å². The van der Waals surface area contributed by atoms with Gasteiger partial charge in [-0.25, -0.2) is 18.7 Å². The fourth-order valence-corrected chi connectivity index (χ4v) is 3.77. The summed E-state index contributed by atoms with van der Waals surface area (Å²) in [6.07, 6.45) is 1.56. The van der Waals surface area contributed by atoms with Crippen molar-refractivity contribution in [2.24, 2.45) is 0 Å². The number of aliphatic hydroxyl groups is 1. The molecule has 0 fully saturated rings. The third kappa shape index (κ3) is 5.28. The fraction of sp³-hybridized carbons (Fsp3) is 0.200. The van der Waals surface area contributed by atoms with E-state index in [1.807, 2.05) is 6.07 Å². The topological polar surface area (TPSA) is 90.1 Å². The van der Waals surface area contributed by atoms with Gasteiger partial charge in [0.2, 0.25) is 5.88 Å². The van der Waals surface area contributed by atoms with Crippen LogP contribution < -0.4 is 10.3 Å². The van der Waals surface area contributed by atoms with Crippen LogP contribution in [0, 0.1) is 18.6 Å². The van der Waals surface area contributed by atoms with E-state index < -0.39 is 22.8 Å². The lowest BCUT2D eigenvalue weighted by Gasteiger charge is -2.16. The highest BCUT2D eigenvalue weighted by atomic mass is 79.9. The molecule has 2 heterocycles. The lowest BCUT2D eigenvalue weighted by molar-refractivity contribution is 0.0688. The number of rotatable bonds is 6. The van der Waals surface area contributed by atoms with Crippen LogP contribution in [0.3, 0.4) is 0 Å². The minimum absolute atomic E-state index is 0.00532. The van der Waals surface area contributed by atoms with E-state index in [0.29, 0.717) is 22.8 Å². The summed E-state index contributed by atoms with van der Waals surface area (Å²) in [5.41, 5.74) is 0.331. The van der Waals surface area contributed by atoms with Crippen LogP contribution in [0.1, 0.15) is 31.1 Å². The van der Waals surface area contributed by atoms with Crippen LogP contribution in [0.15, 0.2) is 64.0 Å². The average molecular weight is 543 g/mol. The van der Waals surface area contributed by atoms with Gasteiger partial charge < -0.3 is 9.84 Å². The maximum Gasteiger partial charge on any atom is 0.276 e. The summed E-state index contributed by atoms with van der Waals surface area (Å²) < 4.78 is 34.1. The smallest absolute Gasteiger partial charge is 0.276 e. The standard InChI is InChI=1S/C25H21BrF2N4O3/c1-14-30-22(35-13-16-7-8-17(27)12-19(16)28)21(26)23(33)32(14)18-6-4-5-15(11-18)20-9-10-29-24(31-20)25(2,3)34/h4-12,34H,13H2,1-3H3. The summed E-state index contributed by atoms with van der Waals surface area (Å²) >= 11 is 3.24. The van der Waals surface area contributed by atoms with E-state index in [-0.39, 0.29) is 28.3 Å². The summed E-state index contributed by atoms with van der Waals surface area (Å²) in [7, 11) is 0. The van der Waals surface area contributed by atoms with Gasteiger partial charge in [-0.1, -0.05) is 12.1 Å². The molecule has 0 atom stereocenters. The molecule has 0 aliphatic carbocycles. The molecule has 0 aliphatic rings. The second-order valence-corrected chi connectivity index (χ2v) is 9.11. The molecule has 2 aromatic heterocycles. The van der Waals surface area contributed by atoms with Gasteiger partial charge in [0.15, 0.2) is 5.82 Å². The Balaban J connectivity index is 1.67. The first-order valence-electron chi connectivity index (χ1n) is 10.6. The van der Waals surface area contributed by atoms with Crippen molar-refractivity contribution >= 4 is 15.9 Å². The van der Waals surface area contributed by atoms with E-state index in [1.165, 1.54) is 10.6 Å². The Morgan fingerprint density at radius 1 is 1.11 bits per heavy atom. The summed E-state index contributed by atoms with van der Waals surface area (Å²) in [5, 5.41) is 10.2. The lowest BCUT2D eigenvalue weighted by Crippen LogP contribution is -2.24. The van der Waals surface area contributed by atoms with Gasteiger partial charge in [-0.2, -0.15) is 4.98 Å². The Morgan fingerprint density at radius 2 is 1.89 bits per heavy atom. The van der Waals surface area contributed by atoms with Crippen molar-refractivity contribution < 1.29 is 18.6 Å². The first-order chi connectivity index (χ1) is 16.5. The Kier molecular flexibility index (Phi) is 6.77. The van der Waals surface area contributed by atoms with E-state index in [1.54, 1.807) is 51.2 Å². The lowest BCUT2D eigenvalue weighted by atomic mass is 10.1. The first kappa shape index (κ1) is 24.6. The molecule has 0 bridgehead atoms. The second kappa shape index (κ2) is 9.63. The predicted molar refractivity (Wildman–Crippen MR) is 129 cm³/mol. The first-order valence-corrected chi connectivity index (χ1v) is 11.4. The van der Waals surface area contributed by atoms with Gasteiger partial charge in [0.25, 0.3) is 5.56 Å². The van der Waals surface area contributed by atoms with Crippen LogP contribution in [-0.4, -0.2) is 24.6 Å². The van der Waals surface area contributed by atoms with Crippen molar-refractivity contribution in [3.63, 3.8) is 0 Å². The number of ether oxygens (including phenoxy) is 1. The zero-order chi connectivity index (χ0) is 25.3. The molecule has 0 unspecified atom stereocenters. The van der Waals surface area contributed by atoms with Crippen molar-refractivity contribution in [1.29, 1.82) is 0 Å². The van der Waals surface area contributed by atoms with Crippen molar-refractivity contribution in [1.82, 2.24) is 19.5 Å². The fourth-order valence-electron chi connectivity index (χ4n) is 3.39. The van der Waals surface area contributed by atoms with Crippen LogP contribution >= 0.6 is 15.9 Å². The van der Waals surface area contributed by atoms with E-state index in [0.717, 1.165) is 12.1 Å². The van der Waals surface area contributed by atoms with Gasteiger partial charge in [-0.3, -0.25) is 9.36 Å². The molecule has 2 aromatic carbocycles. The number of benzene rings is 2. The zero-order valence-electron chi connectivity index (χ0n) is 19.1. The van der Waals surface area contributed by atoms with Crippen LogP contribution in [0.5, 0.6) is 5.88 Å². The van der Waals surface area contributed by atoms with Crippen LogP contribution in [0.2, 0.25) is 0 Å². The molecule has 10 heteroatoms. The van der Waals surface area contributed by atoms with Gasteiger partial charge in [0.1, 0.15) is 34.1 Å². The molecule has 0 saturated heterocycles. The Bertz CT molecular complexity index is 1470. The third-order valence-electron chi connectivity index (χ3n) is 5.15. The Hall–Kier alpha value is -3.50. The SMILES string of the molecule is Cc1nc(OCc2ccc(F)cc2F)c(Br)c(=O)n1-c1cccc(-c2ccnc(C(C)(C)O)n2)c1. The summed E-state index contributed by atoms with van der Waals surface area (Å²) in [6, 6.07) is 12.0. The van der Waals surface area contributed by atoms with E-state index in [4.69, 9.17) is 4.74 Å². The zero-order valence-corrected chi connectivity index (χ0v) is 20.7. The summed E-state index contributed by atoms with van der Waals surface area (Å²) in [5.74, 6) is -0.832. The highest BCUT2D eigenvalue weighted by molar-refractivity contribution is 9.10. The summed E-state index contributed by atoms with van der Waals surface area (Å²) in [4.78, 5) is 26.1. The minimum Gasteiger partial charge on any atom is -0.472 e. The van der Waals surface area contributed by atoms with Crippen LogP contribution in [0.4, 0.5) is 8.78 Å². The molecule has 4 aromatic rings. The number of nitrogens with zero attached hydrogens (tertiary/aromatic N) is 4. The molecule has 180 valence electrons. The molecule has 1 N–H and O–H groups in total. The monoisotopic (exact) mass is 542 g/mol. The molecule has 35 heavy (non-hydrogen) atoms. The highest BCUT2D eigenvalue weighted by Gasteiger charge is 2.20. The third-order valence-corrected chi connectivity index (χ3v) is 5.83. The highest BCUT2D eigenvalue weighted by Crippen LogP contribution is 2.25. The molecule has 4 rings (SSSR count). The van der Waals surface area contributed by atoms with Crippen LogP contribution in [0.25, 0.3) is 16.9 Å². The van der Waals surface area contributed by atoms with Crippen molar-refractivity contribution in [3.05, 3.63) is 98.4 Å². The Labute approximate surface area is 208 Å². The molecule has 0 amide bonds. The molecular weight excluding hydrogens is 522 g/mol. The normalized spacial score (nSPS) is 11.5. The second-order valence-electron chi connectivity index (χ2n) is 8.32. The average Bonchev–Trinajstić information content (AvgIpc) is 2.81. The van der Waals surface area contributed by atoms with E-state index in [9.17, 15) is 18.7 Å². The molecule has 0 spiro atoms. The molecule has 0 radical (unpaired) electrons. The van der Waals surface area contributed by atoms with Crippen LogP contribution in [-0.2, 0) is 12.2 Å². The van der Waals surface area contributed by atoms with E-state index >= 15 is 0 Å². The van der Waals surface area contributed by atoms with E-state index in [2.05, 4.69) is 30.9 Å². The number of hydrogen-bond donors (Lipinski definition) is 1. The molecule has 0 saturated carbocycles.